The van der Waals surface area contributed by atoms with Crippen molar-refractivity contribution in [1.82, 2.24) is 5.32 Å². The fraction of sp³-hybridized carbons (Fsp3) is 0.235. The molecule has 0 radical (unpaired) electrons. The van der Waals surface area contributed by atoms with Gasteiger partial charge in [0.05, 0.1) is 11.6 Å². The highest BCUT2D eigenvalue weighted by Gasteiger charge is 2.07. The highest BCUT2D eigenvalue weighted by Crippen LogP contribution is 2.20. The van der Waals surface area contributed by atoms with E-state index in [0.717, 1.165) is 11.1 Å². The smallest absolute Gasteiger partial charge is 0.258 e. The lowest BCUT2D eigenvalue weighted by Gasteiger charge is -2.11. The van der Waals surface area contributed by atoms with Crippen LogP contribution in [0.15, 0.2) is 42.5 Å². The van der Waals surface area contributed by atoms with Crippen molar-refractivity contribution in [2.45, 2.75) is 13.2 Å². The van der Waals surface area contributed by atoms with Crippen molar-refractivity contribution in [2.24, 2.45) is 0 Å². The standard InChI is InChI=1S/C17H17ClFNO3/c1-22-10-13-5-3-2-4-12(13)9-20-17(21)11-23-14-6-7-16(19)15(18)8-14/h2-8H,9-11H2,1H3,(H,20,21). The van der Waals surface area contributed by atoms with E-state index in [4.69, 9.17) is 21.1 Å². The van der Waals surface area contributed by atoms with Crippen molar-refractivity contribution in [3.05, 3.63) is 64.4 Å². The quantitative estimate of drug-likeness (QED) is 0.843. The number of nitrogens with one attached hydrogen (secondary N) is 1. The molecule has 23 heavy (non-hydrogen) atoms. The second-order valence-corrected chi connectivity index (χ2v) is 5.25. The van der Waals surface area contributed by atoms with E-state index in [1.807, 2.05) is 24.3 Å². The predicted octanol–water partition coefficient (Wildman–Crippen LogP) is 3.32. The van der Waals surface area contributed by atoms with Crippen LogP contribution in [-0.2, 0) is 22.7 Å². The molecule has 0 saturated heterocycles. The average molecular weight is 338 g/mol. The van der Waals surface area contributed by atoms with Crippen molar-refractivity contribution in [2.75, 3.05) is 13.7 Å². The van der Waals surface area contributed by atoms with Crippen molar-refractivity contribution in [3.8, 4) is 5.75 Å². The number of benzene rings is 2. The second-order valence-electron chi connectivity index (χ2n) is 4.84. The first-order valence-corrected chi connectivity index (χ1v) is 7.38. The molecule has 2 aromatic rings. The molecule has 0 heterocycles. The number of hydrogen-bond acceptors (Lipinski definition) is 3. The van der Waals surface area contributed by atoms with Crippen LogP contribution in [0.5, 0.6) is 5.75 Å². The van der Waals surface area contributed by atoms with Gasteiger partial charge in [0.15, 0.2) is 6.61 Å². The molecule has 0 saturated carbocycles. The van der Waals surface area contributed by atoms with E-state index in [-0.39, 0.29) is 17.5 Å². The van der Waals surface area contributed by atoms with Gasteiger partial charge in [0, 0.05) is 19.7 Å². The lowest BCUT2D eigenvalue weighted by atomic mass is 10.1. The monoisotopic (exact) mass is 337 g/mol. The van der Waals surface area contributed by atoms with Crippen molar-refractivity contribution in [1.29, 1.82) is 0 Å². The Hall–Kier alpha value is -2.11. The maximum Gasteiger partial charge on any atom is 0.258 e. The Bertz CT molecular complexity index is 679. The van der Waals surface area contributed by atoms with E-state index in [9.17, 15) is 9.18 Å². The van der Waals surface area contributed by atoms with Crippen molar-refractivity contribution in [3.63, 3.8) is 0 Å². The van der Waals surface area contributed by atoms with Gasteiger partial charge in [-0.1, -0.05) is 35.9 Å². The minimum atomic E-state index is -0.529. The third-order valence-electron chi connectivity index (χ3n) is 3.16. The van der Waals surface area contributed by atoms with E-state index < -0.39 is 5.82 Å². The van der Waals surface area contributed by atoms with E-state index in [2.05, 4.69) is 5.32 Å². The molecule has 0 aliphatic heterocycles. The summed E-state index contributed by atoms with van der Waals surface area (Å²) in [6, 6.07) is 11.6. The van der Waals surface area contributed by atoms with Gasteiger partial charge in [0.2, 0.25) is 0 Å². The third-order valence-corrected chi connectivity index (χ3v) is 3.44. The Balaban J connectivity index is 1.84. The first kappa shape index (κ1) is 17.2. The Morgan fingerprint density at radius 2 is 1.96 bits per heavy atom. The molecule has 6 heteroatoms. The molecule has 1 N–H and O–H groups in total. The van der Waals surface area contributed by atoms with Gasteiger partial charge in [-0.25, -0.2) is 4.39 Å². The average Bonchev–Trinajstić information content (AvgIpc) is 2.55. The van der Waals surface area contributed by atoms with Crippen LogP contribution in [0.1, 0.15) is 11.1 Å². The molecule has 0 aliphatic rings. The number of halogens is 2. The largest absolute Gasteiger partial charge is 0.484 e. The summed E-state index contributed by atoms with van der Waals surface area (Å²) in [7, 11) is 1.62. The summed E-state index contributed by atoms with van der Waals surface area (Å²) in [6.07, 6.45) is 0. The number of ether oxygens (including phenoxy) is 2. The highest BCUT2D eigenvalue weighted by molar-refractivity contribution is 6.30. The van der Waals surface area contributed by atoms with Gasteiger partial charge < -0.3 is 14.8 Å². The number of carbonyl (C=O) groups excluding carboxylic acids is 1. The van der Waals surface area contributed by atoms with Crippen LogP contribution in [0, 0.1) is 5.82 Å². The Morgan fingerprint density at radius 1 is 1.22 bits per heavy atom. The fourth-order valence-electron chi connectivity index (χ4n) is 1.99. The van der Waals surface area contributed by atoms with Gasteiger partial charge in [0.25, 0.3) is 5.91 Å². The molecule has 0 atom stereocenters. The Labute approximate surface area is 139 Å². The molecule has 0 aliphatic carbocycles. The minimum absolute atomic E-state index is 0.0450. The molecule has 0 fully saturated rings. The molecular formula is C17H17ClFNO3. The number of amides is 1. The maximum absolute atomic E-state index is 13.0. The molecule has 0 aromatic heterocycles. The van der Waals surface area contributed by atoms with E-state index in [0.29, 0.717) is 18.9 Å². The molecule has 1 amide bonds. The van der Waals surface area contributed by atoms with Gasteiger partial charge >= 0.3 is 0 Å². The fourth-order valence-corrected chi connectivity index (χ4v) is 2.16. The molecular weight excluding hydrogens is 321 g/mol. The van der Waals surface area contributed by atoms with E-state index >= 15 is 0 Å². The topological polar surface area (TPSA) is 47.6 Å². The van der Waals surface area contributed by atoms with Crippen LogP contribution in [0.4, 0.5) is 4.39 Å². The molecule has 0 spiro atoms. The van der Waals surface area contributed by atoms with E-state index in [1.165, 1.54) is 18.2 Å². The lowest BCUT2D eigenvalue weighted by molar-refractivity contribution is -0.123. The minimum Gasteiger partial charge on any atom is -0.484 e. The number of methoxy groups -OCH3 is 1. The number of rotatable bonds is 7. The third kappa shape index (κ3) is 5.23. The Kier molecular flexibility index (Phi) is 6.38. The van der Waals surface area contributed by atoms with Crippen LogP contribution in [0.25, 0.3) is 0 Å². The normalized spacial score (nSPS) is 10.4. The second kappa shape index (κ2) is 8.50. The van der Waals surface area contributed by atoms with Crippen LogP contribution < -0.4 is 10.1 Å². The molecule has 0 unspecified atom stereocenters. The highest BCUT2D eigenvalue weighted by atomic mass is 35.5. The summed E-state index contributed by atoms with van der Waals surface area (Å²) < 4.78 is 23.4. The van der Waals surface area contributed by atoms with Gasteiger partial charge in [0.1, 0.15) is 11.6 Å². The van der Waals surface area contributed by atoms with Crippen LogP contribution in [-0.4, -0.2) is 19.6 Å². The SMILES string of the molecule is COCc1ccccc1CNC(=O)COc1ccc(F)c(Cl)c1. The maximum atomic E-state index is 13.0. The van der Waals surface area contributed by atoms with Crippen LogP contribution >= 0.6 is 11.6 Å². The first-order chi connectivity index (χ1) is 11.1. The molecule has 2 rings (SSSR count). The van der Waals surface area contributed by atoms with Crippen LogP contribution in [0.2, 0.25) is 5.02 Å². The molecule has 2 aromatic carbocycles. The van der Waals surface area contributed by atoms with Crippen molar-refractivity contribution >= 4 is 17.5 Å². The van der Waals surface area contributed by atoms with Gasteiger partial charge in [-0.15, -0.1) is 0 Å². The summed E-state index contributed by atoms with van der Waals surface area (Å²) >= 11 is 5.65. The number of hydrogen-bond donors (Lipinski definition) is 1. The number of carbonyl (C=O) groups is 1. The molecule has 4 nitrogen and oxygen atoms in total. The van der Waals surface area contributed by atoms with Gasteiger partial charge in [-0.2, -0.15) is 0 Å². The lowest BCUT2D eigenvalue weighted by Crippen LogP contribution is -2.28. The predicted molar refractivity (Wildman–Crippen MR) is 85.9 cm³/mol. The Morgan fingerprint density at radius 3 is 2.65 bits per heavy atom. The first-order valence-electron chi connectivity index (χ1n) is 7.00. The zero-order valence-electron chi connectivity index (χ0n) is 12.6. The summed E-state index contributed by atoms with van der Waals surface area (Å²) in [5.41, 5.74) is 1.99. The zero-order chi connectivity index (χ0) is 16.7. The van der Waals surface area contributed by atoms with Gasteiger partial charge in [-0.3, -0.25) is 4.79 Å². The summed E-state index contributed by atoms with van der Waals surface area (Å²) in [4.78, 5) is 11.8. The zero-order valence-corrected chi connectivity index (χ0v) is 13.4. The summed E-state index contributed by atoms with van der Waals surface area (Å²) in [6.45, 7) is 0.691. The summed E-state index contributed by atoms with van der Waals surface area (Å²) in [5.74, 6) is -0.470. The van der Waals surface area contributed by atoms with E-state index in [1.54, 1.807) is 7.11 Å². The van der Waals surface area contributed by atoms with Crippen LogP contribution in [0.3, 0.4) is 0 Å². The molecule has 122 valence electrons. The van der Waals surface area contributed by atoms with Gasteiger partial charge in [-0.05, 0) is 23.3 Å². The van der Waals surface area contributed by atoms with Crippen molar-refractivity contribution < 1.29 is 18.7 Å². The summed E-state index contributed by atoms with van der Waals surface area (Å²) in [5, 5.41) is 2.72. The molecule has 0 bridgehead atoms.